The fourth-order valence-corrected chi connectivity index (χ4v) is 3.81. The van der Waals surface area contributed by atoms with Crippen molar-refractivity contribution < 1.29 is 4.79 Å². The minimum atomic E-state index is -0.148. The Morgan fingerprint density at radius 1 is 1.09 bits per heavy atom. The summed E-state index contributed by atoms with van der Waals surface area (Å²) in [6, 6.07) is 12.8. The second-order valence-corrected chi connectivity index (χ2v) is 7.88. The molecule has 5 N–H and O–H groups in total. The molecule has 5 rings (SSSR count). The van der Waals surface area contributed by atoms with E-state index in [2.05, 4.69) is 26.0 Å². The average molecular weight is 457 g/mol. The highest BCUT2D eigenvalue weighted by atomic mass is 16.1. The summed E-state index contributed by atoms with van der Waals surface area (Å²) in [4.78, 5) is 25.4. The van der Waals surface area contributed by atoms with Crippen LogP contribution in [0, 0.1) is 6.92 Å². The number of fused-ring (bicyclic) bond motifs is 1. The van der Waals surface area contributed by atoms with Crippen molar-refractivity contribution in [2.45, 2.75) is 13.1 Å². The lowest BCUT2D eigenvalue weighted by molar-refractivity contribution is 0.0963. The van der Waals surface area contributed by atoms with Gasteiger partial charge < -0.3 is 21.4 Å². The Morgan fingerprint density at radius 3 is 2.56 bits per heavy atom. The molecule has 0 saturated carbocycles. The number of nitrogens with one attached hydrogen (secondary N) is 3. The zero-order valence-corrected chi connectivity index (χ0v) is 18.9. The Labute approximate surface area is 195 Å². The predicted molar refractivity (Wildman–Crippen MR) is 129 cm³/mol. The first kappa shape index (κ1) is 21.3. The molecule has 0 fully saturated rings. The number of carbonyl (C=O) groups is 1. The molecule has 172 valence electrons. The Hall–Kier alpha value is -4.51. The minimum absolute atomic E-state index is 0.139. The van der Waals surface area contributed by atoms with Gasteiger partial charge >= 0.3 is 0 Å². The molecule has 4 heterocycles. The predicted octanol–water partition coefficient (Wildman–Crippen LogP) is 1.81. The van der Waals surface area contributed by atoms with Crippen LogP contribution in [0.1, 0.15) is 16.2 Å². The molecule has 1 aromatic carbocycles. The van der Waals surface area contributed by atoms with Crippen LogP contribution in [0.15, 0.2) is 54.7 Å². The summed E-state index contributed by atoms with van der Waals surface area (Å²) >= 11 is 0. The molecule has 0 aliphatic carbocycles. The lowest BCUT2D eigenvalue weighted by Crippen LogP contribution is -2.37. The van der Waals surface area contributed by atoms with Gasteiger partial charge in [0.25, 0.3) is 5.91 Å². The third kappa shape index (κ3) is 3.99. The van der Waals surface area contributed by atoms with Crippen molar-refractivity contribution >= 4 is 23.2 Å². The van der Waals surface area contributed by atoms with Crippen LogP contribution in [0.4, 0.5) is 11.6 Å². The Kier molecular flexibility index (Phi) is 5.30. The summed E-state index contributed by atoms with van der Waals surface area (Å²) in [5.74, 6) is 1.38. The van der Waals surface area contributed by atoms with Gasteiger partial charge in [0.05, 0.1) is 11.4 Å². The molecule has 3 aromatic heterocycles. The van der Waals surface area contributed by atoms with E-state index in [0.29, 0.717) is 40.1 Å². The number of rotatable bonds is 5. The number of hydrazine groups is 1. The van der Waals surface area contributed by atoms with Gasteiger partial charge in [-0.1, -0.05) is 12.1 Å². The van der Waals surface area contributed by atoms with Crippen LogP contribution in [0.5, 0.6) is 0 Å². The van der Waals surface area contributed by atoms with Gasteiger partial charge in [-0.3, -0.25) is 4.79 Å². The number of carbonyl (C=O) groups excluding carboxylic acids is 1. The normalized spacial score (nSPS) is 15.1. The van der Waals surface area contributed by atoms with E-state index in [-0.39, 0.29) is 12.1 Å². The quantitative estimate of drug-likeness (QED) is 0.354. The number of aromatic nitrogens is 5. The summed E-state index contributed by atoms with van der Waals surface area (Å²) in [5, 5.41) is 12.7. The van der Waals surface area contributed by atoms with E-state index < -0.39 is 0 Å². The minimum Gasteiger partial charge on any atom is -0.384 e. The molecule has 4 aromatic rings. The number of nitrogen functional groups attached to an aromatic ring is 1. The first-order valence-electron chi connectivity index (χ1n) is 10.7. The first-order valence-corrected chi connectivity index (χ1v) is 10.7. The van der Waals surface area contributed by atoms with Crippen LogP contribution < -0.4 is 21.8 Å². The van der Waals surface area contributed by atoms with Gasteiger partial charge in [-0.2, -0.15) is 5.10 Å². The zero-order valence-electron chi connectivity index (χ0n) is 18.9. The van der Waals surface area contributed by atoms with Crippen molar-refractivity contribution in [1.82, 2.24) is 40.3 Å². The maximum atomic E-state index is 11.9. The van der Waals surface area contributed by atoms with Crippen molar-refractivity contribution in [3.8, 4) is 22.6 Å². The summed E-state index contributed by atoms with van der Waals surface area (Å²) in [5.41, 5.74) is 13.4. The molecule has 34 heavy (non-hydrogen) atoms. The number of imidazole rings is 1. The van der Waals surface area contributed by atoms with Crippen molar-refractivity contribution in [2.24, 2.45) is 0 Å². The summed E-state index contributed by atoms with van der Waals surface area (Å²) in [6.45, 7) is 1.79. The maximum absolute atomic E-state index is 11.9. The lowest BCUT2D eigenvalue weighted by atomic mass is 10.1. The van der Waals surface area contributed by atoms with Crippen molar-refractivity contribution in [1.29, 1.82) is 0 Å². The number of amides is 1. The number of benzene rings is 1. The molecule has 0 saturated heterocycles. The fraction of sp³-hybridized carbons (Fsp3) is 0.174. The van der Waals surface area contributed by atoms with Gasteiger partial charge in [-0.05, 0) is 37.3 Å². The molecule has 11 nitrogen and oxygen atoms in total. The van der Waals surface area contributed by atoms with E-state index in [1.54, 1.807) is 36.7 Å². The van der Waals surface area contributed by atoms with Gasteiger partial charge in [0.15, 0.2) is 11.5 Å². The fourth-order valence-electron chi connectivity index (χ4n) is 3.81. The molecule has 11 heteroatoms. The van der Waals surface area contributed by atoms with E-state index in [4.69, 9.17) is 15.8 Å². The number of hydrogen-bond acceptors (Lipinski definition) is 9. The molecule has 0 bridgehead atoms. The Balaban J connectivity index is 1.62. The molecule has 1 amide bonds. The van der Waals surface area contributed by atoms with E-state index >= 15 is 0 Å². The van der Waals surface area contributed by atoms with E-state index in [1.807, 2.05) is 48.6 Å². The highest BCUT2D eigenvalue weighted by molar-refractivity contribution is 5.94. The van der Waals surface area contributed by atoms with Gasteiger partial charge in [0.2, 0.25) is 0 Å². The number of nitrogens with zero attached hydrogens (tertiary/aromatic N) is 6. The van der Waals surface area contributed by atoms with Crippen LogP contribution in [0.2, 0.25) is 0 Å². The van der Waals surface area contributed by atoms with Crippen molar-refractivity contribution in [2.75, 3.05) is 25.1 Å². The molecular weight excluding hydrogens is 432 g/mol. The lowest BCUT2D eigenvalue weighted by Gasteiger charge is -2.16. The van der Waals surface area contributed by atoms with Gasteiger partial charge in [0.1, 0.15) is 23.5 Å². The standard InChI is InChI=1S/C23H24N10O/c1-13-26-17(12-18(24)27-13)21-22(28-19-10-11-32(3)31-19)29-20-9-8-16(30-33(20)21)14-4-6-15(7-5-14)23(34)25-2/h4-12,19,28,31H,1-3H3,(H,25,34)(H2,24,26,27). The second-order valence-electron chi connectivity index (χ2n) is 7.88. The monoisotopic (exact) mass is 456 g/mol. The van der Waals surface area contributed by atoms with Gasteiger partial charge in [-0.25, -0.2) is 24.9 Å². The molecule has 0 spiro atoms. The van der Waals surface area contributed by atoms with E-state index in [1.165, 1.54) is 0 Å². The molecule has 0 radical (unpaired) electrons. The summed E-state index contributed by atoms with van der Waals surface area (Å²) < 4.78 is 1.74. The van der Waals surface area contributed by atoms with Gasteiger partial charge in [0, 0.05) is 37.5 Å². The van der Waals surface area contributed by atoms with Crippen molar-refractivity contribution in [3.05, 3.63) is 66.1 Å². The number of hydrogen-bond donors (Lipinski definition) is 4. The number of nitrogens with two attached hydrogens (primary N) is 1. The second kappa shape index (κ2) is 8.45. The largest absolute Gasteiger partial charge is 0.384 e. The topological polar surface area (TPSA) is 138 Å². The van der Waals surface area contributed by atoms with Crippen LogP contribution >= 0.6 is 0 Å². The summed E-state index contributed by atoms with van der Waals surface area (Å²) in [6.07, 6.45) is 3.77. The van der Waals surface area contributed by atoms with Crippen LogP contribution in [0.25, 0.3) is 28.3 Å². The number of anilines is 2. The van der Waals surface area contributed by atoms with Crippen molar-refractivity contribution in [3.63, 3.8) is 0 Å². The molecule has 1 aliphatic heterocycles. The molecule has 1 atom stereocenters. The third-order valence-corrected chi connectivity index (χ3v) is 5.38. The van der Waals surface area contributed by atoms with E-state index in [9.17, 15) is 4.79 Å². The van der Waals surface area contributed by atoms with E-state index in [0.717, 1.165) is 11.3 Å². The molecule has 1 aliphatic rings. The van der Waals surface area contributed by atoms with Gasteiger partial charge in [-0.15, -0.1) is 0 Å². The Morgan fingerprint density at radius 2 is 1.88 bits per heavy atom. The molecule has 1 unspecified atom stereocenters. The maximum Gasteiger partial charge on any atom is 0.251 e. The summed E-state index contributed by atoms with van der Waals surface area (Å²) in [7, 11) is 3.52. The average Bonchev–Trinajstić information content (AvgIpc) is 3.40. The number of aryl methyl sites for hydroxylation is 1. The van der Waals surface area contributed by atoms with Crippen LogP contribution in [-0.2, 0) is 0 Å². The smallest absolute Gasteiger partial charge is 0.251 e. The molecular formula is C23H24N10O. The zero-order chi connectivity index (χ0) is 23.8. The van der Waals surface area contributed by atoms with Crippen LogP contribution in [0.3, 0.4) is 0 Å². The van der Waals surface area contributed by atoms with Crippen LogP contribution in [-0.4, -0.2) is 55.7 Å². The Bertz CT molecular complexity index is 1390. The highest BCUT2D eigenvalue weighted by Crippen LogP contribution is 2.30. The SMILES string of the molecule is CNC(=O)c1ccc(-c2ccc3nc(NC4C=CN(C)N4)c(-c4cc(N)nc(C)n4)n3n2)cc1. The third-order valence-electron chi connectivity index (χ3n) is 5.38. The highest BCUT2D eigenvalue weighted by Gasteiger charge is 2.22. The first-order chi connectivity index (χ1) is 16.4.